The summed E-state index contributed by atoms with van der Waals surface area (Å²) >= 11 is 0. The van der Waals surface area contributed by atoms with Crippen LogP contribution in [0.25, 0.3) is 0 Å². The molecule has 0 aliphatic carbocycles. The third kappa shape index (κ3) is 3.21. The van der Waals surface area contributed by atoms with E-state index in [1.54, 1.807) is 0 Å². The molecule has 0 aromatic carbocycles. The maximum atomic E-state index is 5.69. The number of likely N-dealkylation sites (N-methyl/N-ethyl adjacent to an activating group) is 1. The van der Waals surface area contributed by atoms with E-state index in [-0.39, 0.29) is 0 Å². The van der Waals surface area contributed by atoms with Crippen molar-refractivity contribution in [3.05, 3.63) is 0 Å². The van der Waals surface area contributed by atoms with Crippen molar-refractivity contribution in [1.29, 1.82) is 0 Å². The molecule has 0 aliphatic heterocycles. The van der Waals surface area contributed by atoms with Crippen LogP contribution in [0.1, 0.15) is 27.7 Å². The topological polar surface area (TPSA) is 29.3 Å². The molecular formula is C9H22N2. The molecule has 11 heavy (non-hydrogen) atoms. The van der Waals surface area contributed by atoms with Crippen molar-refractivity contribution < 1.29 is 0 Å². The van der Waals surface area contributed by atoms with Crippen molar-refractivity contribution in [3.8, 4) is 0 Å². The number of nitrogens with zero attached hydrogens (tertiary/aromatic N) is 1. The van der Waals surface area contributed by atoms with Crippen LogP contribution in [0, 0.1) is 5.41 Å². The molecule has 0 radical (unpaired) electrons. The summed E-state index contributed by atoms with van der Waals surface area (Å²) in [7, 11) is 2.13. The molecule has 0 aromatic heterocycles. The van der Waals surface area contributed by atoms with Gasteiger partial charge in [-0.1, -0.05) is 27.7 Å². The summed E-state index contributed by atoms with van der Waals surface area (Å²) in [6, 6.07) is 0.493. The van der Waals surface area contributed by atoms with Crippen LogP contribution in [0.5, 0.6) is 0 Å². The molecule has 68 valence electrons. The lowest BCUT2D eigenvalue weighted by molar-refractivity contribution is 0.138. The molecule has 0 amide bonds. The summed E-state index contributed by atoms with van der Waals surface area (Å²) in [4.78, 5) is 2.31. The highest BCUT2D eigenvalue weighted by Crippen LogP contribution is 2.22. The third-order valence-electron chi connectivity index (χ3n) is 2.25. The first-order valence-electron chi connectivity index (χ1n) is 4.33. The van der Waals surface area contributed by atoms with Crippen molar-refractivity contribution in [3.63, 3.8) is 0 Å². The Morgan fingerprint density at radius 1 is 1.36 bits per heavy atom. The summed E-state index contributed by atoms with van der Waals surface area (Å²) in [5.41, 5.74) is 5.98. The maximum Gasteiger partial charge on any atom is 0.0263 e. The van der Waals surface area contributed by atoms with Crippen LogP contribution in [0.15, 0.2) is 0 Å². The van der Waals surface area contributed by atoms with E-state index in [2.05, 4.69) is 39.6 Å². The quantitative estimate of drug-likeness (QED) is 0.671. The van der Waals surface area contributed by atoms with Crippen LogP contribution >= 0.6 is 0 Å². The van der Waals surface area contributed by atoms with Gasteiger partial charge in [0.15, 0.2) is 0 Å². The molecule has 0 spiro atoms. The molecule has 1 unspecified atom stereocenters. The zero-order chi connectivity index (χ0) is 9.07. The Morgan fingerprint density at radius 2 is 1.82 bits per heavy atom. The predicted molar refractivity (Wildman–Crippen MR) is 50.6 cm³/mol. The molecule has 0 aliphatic rings. The lowest BCUT2D eigenvalue weighted by atomic mass is 9.86. The number of hydrogen-bond acceptors (Lipinski definition) is 2. The Bertz CT molecular complexity index is 105. The smallest absolute Gasteiger partial charge is 0.0263 e. The van der Waals surface area contributed by atoms with Crippen molar-refractivity contribution >= 4 is 0 Å². The Hall–Kier alpha value is -0.0800. The lowest BCUT2D eigenvalue weighted by Crippen LogP contribution is -2.46. The first kappa shape index (κ1) is 10.9. The maximum absolute atomic E-state index is 5.69. The largest absolute Gasteiger partial charge is 0.329 e. The Balaban J connectivity index is 4.16. The molecule has 0 bridgehead atoms. The van der Waals surface area contributed by atoms with E-state index in [1.807, 2.05) is 0 Å². The second kappa shape index (κ2) is 4.07. The van der Waals surface area contributed by atoms with Gasteiger partial charge in [-0.25, -0.2) is 0 Å². The molecule has 0 saturated carbocycles. The van der Waals surface area contributed by atoms with Crippen molar-refractivity contribution in [2.75, 3.05) is 20.1 Å². The molecular weight excluding hydrogens is 136 g/mol. The monoisotopic (exact) mass is 158 g/mol. The van der Waals surface area contributed by atoms with E-state index in [0.29, 0.717) is 11.5 Å². The van der Waals surface area contributed by atoms with Gasteiger partial charge in [-0.05, 0) is 19.0 Å². The van der Waals surface area contributed by atoms with Gasteiger partial charge in [-0.15, -0.1) is 0 Å². The lowest BCUT2D eigenvalue weighted by Gasteiger charge is -2.36. The second-order valence-corrected chi connectivity index (χ2v) is 4.19. The van der Waals surface area contributed by atoms with Crippen LogP contribution in [0.4, 0.5) is 0 Å². The van der Waals surface area contributed by atoms with Crippen molar-refractivity contribution in [1.82, 2.24) is 4.90 Å². The molecule has 0 fully saturated rings. The van der Waals surface area contributed by atoms with Crippen molar-refractivity contribution in [2.45, 2.75) is 33.7 Å². The van der Waals surface area contributed by atoms with Gasteiger partial charge in [-0.2, -0.15) is 0 Å². The molecule has 2 nitrogen and oxygen atoms in total. The first-order chi connectivity index (χ1) is 4.93. The van der Waals surface area contributed by atoms with Gasteiger partial charge in [0.05, 0.1) is 0 Å². The van der Waals surface area contributed by atoms with Gasteiger partial charge in [0, 0.05) is 12.6 Å². The van der Waals surface area contributed by atoms with Gasteiger partial charge >= 0.3 is 0 Å². The van der Waals surface area contributed by atoms with E-state index in [9.17, 15) is 0 Å². The molecule has 0 heterocycles. The molecule has 0 saturated heterocycles. The zero-order valence-corrected chi connectivity index (χ0v) is 8.52. The fourth-order valence-corrected chi connectivity index (χ4v) is 1.42. The van der Waals surface area contributed by atoms with E-state index in [0.717, 1.165) is 13.1 Å². The summed E-state index contributed by atoms with van der Waals surface area (Å²) in [6.45, 7) is 10.7. The third-order valence-corrected chi connectivity index (χ3v) is 2.25. The van der Waals surface area contributed by atoms with E-state index in [1.165, 1.54) is 0 Å². The summed E-state index contributed by atoms with van der Waals surface area (Å²) in [5.74, 6) is 0. The minimum atomic E-state index is 0.291. The van der Waals surface area contributed by atoms with Crippen LogP contribution in [0.2, 0.25) is 0 Å². The van der Waals surface area contributed by atoms with Crippen LogP contribution in [-0.4, -0.2) is 31.1 Å². The normalized spacial score (nSPS) is 15.5. The number of rotatable bonds is 3. The highest BCUT2D eigenvalue weighted by atomic mass is 15.1. The summed E-state index contributed by atoms with van der Waals surface area (Å²) < 4.78 is 0. The Morgan fingerprint density at radius 3 is 1.91 bits per heavy atom. The SMILES string of the molecule is CCN(C)C(CN)C(C)(C)C. The van der Waals surface area contributed by atoms with E-state index in [4.69, 9.17) is 5.73 Å². The van der Waals surface area contributed by atoms with Gasteiger partial charge in [0.25, 0.3) is 0 Å². The van der Waals surface area contributed by atoms with Gasteiger partial charge < -0.3 is 10.6 Å². The highest BCUT2D eigenvalue weighted by Gasteiger charge is 2.25. The summed E-state index contributed by atoms with van der Waals surface area (Å²) in [6.07, 6.45) is 0. The fourth-order valence-electron chi connectivity index (χ4n) is 1.42. The van der Waals surface area contributed by atoms with E-state index >= 15 is 0 Å². The number of nitrogens with two attached hydrogens (primary N) is 1. The zero-order valence-electron chi connectivity index (χ0n) is 8.52. The van der Waals surface area contributed by atoms with Crippen molar-refractivity contribution in [2.24, 2.45) is 11.1 Å². The predicted octanol–water partition coefficient (Wildman–Crippen LogP) is 1.31. The molecule has 0 aromatic rings. The average Bonchev–Trinajstić information content (AvgIpc) is 1.86. The van der Waals surface area contributed by atoms with Crippen LogP contribution in [-0.2, 0) is 0 Å². The number of hydrogen-bond donors (Lipinski definition) is 1. The minimum absolute atomic E-state index is 0.291. The molecule has 2 N–H and O–H groups in total. The average molecular weight is 158 g/mol. The Kier molecular flexibility index (Phi) is 4.04. The van der Waals surface area contributed by atoms with Gasteiger partial charge in [0.2, 0.25) is 0 Å². The Labute approximate surface area is 70.8 Å². The second-order valence-electron chi connectivity index (χ2n) is 4.19. The summed E-state index contributed by atoms with van der Waals surface area (Å²) in [5, 5.41) is 0. The van der Waals surface area contributed by atoms with Crippen LogP contribution in [0.3, 0.4) is 0 Å². The van der Waals surface area contributed by atoms with Gasteiger partial charge in [0.1, 0.15) is 0 Å². The fraction of sp³-hybridized carbons (Fsp3) is 1.00. The van der Waals surface area contributed by atoms with Gasteiger partial charge in [-0.3, -0.25) is 0 Å². The molecule has 1 atom stereocenters. The molecule has 0 rings (SSSR count). The van der Waals surface area contributed by atoms with E-state index < -0.39 is 0 Å². The molecule has 2 heteroatoms. The highest BCUT2D eigenvalue weighted by molar-refractivity contribution is 4.81. The minimum Gasteiger partial charge on any atom is -0.329 e. The standard InChI is InChI=1S/C9H22N2/c1-6-11(5)8(7-10)9(2,3)4/h8H,6-7,10H2,1-5H3. The van der Waals surface area contributed by atoms with Crippen LogP contribution < -0.4 is 5.73 Å². The first-order valence-corrected chi connectivity index (χ1v) is 4.33.